The lowest BCUT2D eigenvalue weighted by molar-refractivity contribution is -0.142. The second-order valence-corrected chi connectivity index (χ2v) is 7.68. The number of carboxylic acid groups (broad SMARTS) is 1. The number of aromatic amines is 1. The number of fused-ring (bicyclic) bond motifs is 1. The van der Waals surface area contributed by atoms with Gasteiger partial charge in [-0.1, -0.05) is 35.8 Å². The first-order chi connectivity index (χ1) is 10.8. The van der Waals surface area contributed by atoms with Gasteiger partial charge in [0.05, 0.1) is 0 Å². The van der Waals surface area contributed by atoms with E-state index in [2.05, 4.69) is 26.2 Å². The normalized spacial score (nSPS) is 20.2. The zero-order valence-corrected chi connectivity index (χ0v) is 14.6. The number of aliphatic carboxylic acids is 1. The highest BCUT2D eigenvalue weighted by atomic mass is 79.9. The van der Waals surface area contributed by atoms with Crippen LogP contribution in [0.25, 0.3) is 10.9 Å². The van der Waals surface area contributed by atoms with E-state index in [1.165, 1.54) is 0 Å². The Kier molecular flexibility index (Phi) is 3.96. The van der Waals surface area contributed by atoms with Crippen molar-refractivity contribution < 1.29 is 14.7 Å². The Bertz CT molecular complexity index is 781. The van der Waals surface area contributed by atoms with Crippen LogP contribution in [0.2, 0.25) is 0 Å². The number of carbonyl (C=O) groups is 2. The topological polar surface area (TPSA) is 82.2 Å². The molecule has 2 unspecified atom stereocenters. The fraction of sp³-hybridized carbons (Fsp3) is 0.412. The zero-order chi connectivity index (χ0) is 16.8. The van der Waals surface area contributed by atoms with Crippen molar-refractivity contribution in [3.63, 3.8) is 0 Å². The van der Waals surface area contributed by atoms with E-state index in [0.29, 0.717) is 0 Å². The van der Waals surface area contributed by atoms with Crippen molar-refractivity contribution in [2.45, 2.75) is 32.7 Å². The van der Waals surface area contributed by atoms with Crippen molar-refractivity contribution in [1.29, 1.82) is 0 Å². The van der Waals surface area contributed by atoms with Gasteiger partial charge in [-0.2, -0.15) is 0 Å². The summed E-state index contributed by atoms with van der Waals surface area (Å²) in [5, 5.41) is 13.1. The minimum absolute atomic E-state index is 0.0169. The van der Waals surface area contributed by atoms with E-state index in [1.807, 2.05) is 32.0 Å². The average Bonchev–Trinajstić information content (AvgIpc) is 2.92. The highest BCUT2D eigenvalue weighted by Crippen LogP contribution is 2.51. The standard InChI is InChI=1S/C17H19BrN2O3/c1-17(2)7-10(17)15(21)20-13(16(22)23)6-9-8-19-12-5-3-4-11(18)14(9)12/h3-5,8,10,13,19H,6-7H2,1-2H3,(H,20,21)(H,22,23). The highest BCUT2D eigenvalue weighted by Gasteiger charge is 2.51. The molecule has 122 valence electrons. The summed E-state index contributed by atoms with van der Waals surface area (Å²) >= 11 is 3.50. The average molecular weight is 379 g/mol. The summed E-state index contributed by atoms with van der Waals surface area (Å²) < 4.78 is 0.907. The summed E-state index contributed by atoms with van der Waals surface area (Å²) in [6.07, 6.45) is 2.86. The summed E-state index contributed by atoms with van der Waals surface area (Å²) in [5.41, 5.74) is 1.79. The van der Waals surface area contributed by atoms with Crippen LogP contribution < -0.4 is 5.32 Å². The second-order valence-electron chi connectivity index (χ2n) is 6.83. The van der Waals surface area contributed by atoms with Crippen LogP contribution in [-0.4, -0.2) is 28.0 Å². The third-order valence-electron chi connectivity index (χ3n) is 4.61. The summed E-state index contributed by atoms with van der Waals surface area (Å²) in [6, 6.07) is 4.84. The number of nitrogens with one attached hydrogen (secondary N) is 2. The van der Waals surface area contributed by atoms with Gasteiger partial charge < -0.3 is 15.4 Å². The number of rotatable bonds is 5. The molecule has 1 heterocycles. The third kappa shape index (κ3) is 3.13. The molecular weight excluding hydrogens is 360 g/mol. The highest BCUT2D eigenvalue weighted by molar-refractivity contribution is 9.10. The molecule has 23 heavy (non-hydrogen) atoms. The molecule has 0 radical (unpaired) electrons. The number of benzene rings is 1. The summed E-state index contributed by atoms with van der Waals surface area (Å²) in [6.45, 7) is 4.04. The van der Waals surface area contributed by atoms with E-state index in [9.17, 15) is 14.7 Å². The van der Waals surface area contributed by atoms with E-state index in [1.54, 1.807) is 6.20 Å². The molecule has 5 nitrogen and oxygen atoms in total. The molecule has 0 bridgehead atoms. The van der Waals surface area contributed by atoms with Crippen LogP contribution in [0.3, 0.4) is 0 Å². The van der Waals surface area contributed by atoms with Crippen LogP contribution in [0.1, 0.15) is 25.8 Å². The molecule has 1 aromatic carbocycles. The molecular formula is C17H19BrN2O3. The van der Waals surface area contributed by atoms with Crippen molar-refractivity contribution in [3.05, 3.63) is 34.4 Å². The fourth-order valence-electron chi connectivity index (χ4n) is 2.98. The van der Waals surface area contributed by atoms with Gasteiger partial charge in [0.15, 0.2) is 0 Å². The van der Waals surface area contributed by atoms with E-state index < -0.39 is 12.0 Å². The predicted molar refractivity (Wildman–Crippen MR) is 91.2 cm³/mol. The van der Waals surface area contributed by atoms with E-state index >= 15 is 0 Å². The Balaban J connectivity index is 1.79. The van der Waals surface area contributed by atoms with Gasteiger partial charge in [-0.05, 0) is 29.5 Å². The molecule has 0 spiro atoms. The summed E-state index contributed by atoms with van der Waals surface area (Å²) in [5.74, 6) is -1.27. The molecule has 1 aliphatic rings. The maximum atomic E-state index is 12.2. The first-order valence-corrected chi connectivity index (χ1v) is 8.36. The largest absolute Gasteiger partial charge is 0.480 e. The molecule has 2 atom stereocenters. The molecule has 1 aliphatic carbocycles. The molecule has 2 aromatic rings. The third-order valence-corrected chi connectivity index (χ3v) is 5.27. The number of halogens is 1. The predicted octanol–water partition coefficient (Wildman–Crippen LogP) is 3.09. The van der Waals surface area contributed by atoms with Crippen LogP contribution >= 0.6 is 15.9 Å². The minimum Gasteiger partial charge on any atom is -0.480 e. The molecule has 1 aromatic heterocycles. The van der Waals surface area contributed by atoms with Crippen LogP contribution in [0.5, 0.6) is 0 Å². The smallest absolute Gasteiger partial charge is 0.326 e. The zero-order valence-electron chi connectivity index (χ0n) is 13.0. The van der Waals surface area contributed by atoms with Crippen molar-refractivity contribution in [3.8, 4) is 0 Å². The van der Waals surface area contributed by atoms with Gasteiger partial charge in [0.25, 0.3) is 0 Å². The Morgan fingerprint density at radius 2 is 2.17 bits per heavy atom. The maximum absolute atomic E-state index is 12.2. The van der Waals surface area contributed by atoms with E-state index in [-0.39, 0.29) is 23.7 Å². The van der Waals surface area contributed by atoms with Gasteiger partial charge >= 0.3 is 5.97 Å². The molecule has 6 heteroatoms. The van der Waals surface area contributed by atoms with Crippen LogP contribution in [0, 0.1) is 11.3 Å². The van der Waals surface area contributed by atoms with Gasteiger partial charge in [0, 0.05) is 33.9 Å². The van der Waals surface area contributed by atoms with Crippen molar-refractivity contribution >= 4 is 38.7 Å². The Labute approximate surface area is 142 Å². The molecule has 1 saturated carbocycles. The van der Waals surface area contributed by atoms with E-state index in [0.717, 1.165) is 27.4 Å². The summed E-state index contributed by atoms with van der Waals surface area (Å²) in [4.78, 5) is 26.9. The molecule has 1 fully saturated rings. The second kappa shape index (κ2) is 5.67. The molecule has 3 N–H and O–H groups in total. The number of aromatic nitrogens is 1. The molecule has 0 aliphatic heterocycles. The molecule has 3 rings (SSSR count). The monoisotopic (exact) mass is 378 g/mol. The van der Waals surface area contributed by atoms with Crippen LogP contribution in [0.15, 0.2) is 28.9 Å². The Hall–Kier alpha value is -1.82. The van der Waals surface area contributed by atoms with Gasteiger partial charge in [-0.25, -0.2) is 4.79 Å². The van der Waals surface area contributed by atoms with E-state index in [4.69, 9.17) is 0 Å². The van der Waals surface area contributed by atoms with Crippen LogP contribution in [-0.2, 0) is 16.0 Å². The Morgan fingerprint density at radius 1 is 1.48 bits per heavy atom. The number of hydrogen-bond donors (Lipinski definition) is 3. The SMILES string of the molecule is CC1(C)CC1C(=O)NC(Cc1c[nH]c2cccc(Br)c12)C(=O)O. The number of hydrogen-bond acceptors (Lipinski definition) is 2. The van der Waals surface area contributed by atoms with Crippen molar-refractivity contribution in [1.82, 2.24) is 10.3 Å². The lowest BCUT2D eigenvalue weighted by Crippen LogP contribution is -2.43. The number of carbonyl (C=O) groups excluding carboxylic acids is 1. The minimum atomic E-state index is -1.02. The maximum Gasteiger partial charge on any atom is 0.326 e. The van der Waals surface area contributed by atoms with Gasteiger partial charge in [0.2, 0.25) is 5.91 Å². The van der Waals surface area contributed by atoms with Gasteiger partial charge in [-0.3, -0.25) is 4.79 Å². The summed E-state index contributed by atoms with van der Waals surface area (Å²) in [7, 11) is 0. The van der Waals surface area contributed by atoms with Gasteiger partial charge in [-0.15, -0.1) is 0 Å². The molecule has 1 amide bonds. The Morgan fingerprint density at radius 3 is 2.78 bits per heavy atom. The number of H-pyrrole nitrogens is 1. The number of carboxylic acids is 1. The van der Waals surface area contributed by atoms with Crippen LogP contribution in [0.4, 0.5) is 0 Å². The van der Waals surface area contributed by atoms with Crippen molar-refractivity contribution in [2.24, 2.45) is 11.3 Å². The lowest BCUT2D eigenvalue weighted by Gasteiger charge is -2.15. The first-order valence-electron chi connectivity index (χ1n) is 7.57. The fourth-order valence-corrected chi connectivity index (χ4v) is 3.60. The van der Waals surface area contributed by atoms with Gasteiger partial charge in [0.1, 0.15) is 6.04 Å². The van der Waals surface area contributed by atoms with Crippen molar-refractivity contribution in [2.75, 3.05) is 0 Å². The first kappa shape index (κ1) is 16.1. The number of amides is 1. The quantitative estimate of drug-likeness (QED) is 0.747. The lowest BCUT2D eigenvalue weighted by atomic mass is 10.0. The molecule has 0 saturated heterocycles.